The van der Waals surface area contributed by atoms with E-state index in [0.717, 1.165) is 24.4 Å². The van der Waals surface area contributed by atoms with E-state index in [4.69, 9.17) is 5.73 Å². The zero-order valence-electron chi connectivity index (χ0n) is 11.2. The van der Waals surface area contributed by atoms with E-state index in [1.807, 2.05) is 12.1 Å². The molecule has 0 atom stereocenters. The van der Waals surface area contributed by atoms with Crippen LogP contribution in [0.2, 0.25) is 0 Å². The maximum Gasteiger partial charge on any atom is 0.159 e. The van der Waals surface area contributed by atoms with Gasteiger partial charge in [-0.15, -0.1) is 12.4 Å². The standard InChI is InChI=1S/C13H21N3S.ClH/c1-4-17-13(14)15-12-7-5-11(6-8-12)9-10-16(2)3;/h5-8H,4,9-10H2,1-3H3,(H2,14,15);1H. The Morgan fingerprint density at radius 3 is 2.39 bits per heavy atom. The predicted octanol–water partition coefficient (Wildman–Crippen LogP) is 2.91. The summed E-state index contributed by atoms with van der Waals surface area (Å²) in [5, 5.41) is 0.633. The Balaban J connectivity index is 0.00000289. The number of nitrogens with zero attached hydrogens (tertiary/aromatic N) is 2. The summed E-state index contributed by atoms with van der Waals surface area (Å²) in [6.07, 6.45) is 1.07. The molecule has 0 aliphatic rings. The van der Waals surface area contributed by atoms with E-state index < -0.39 is 0 Å². The second kappa shape index (κ2) is 9.25. The summed E-state index contributed by atoms with van der Waals surface area (Å²) in [7, 11) is 4.17. The Labute approximate surface area is 120 Å². The van der Waals surface area contributed by atoms with Crippen LogP contribution in [0.25, 0.3) is 0 Å². The molecular formula is C13H22ClN3S. The van der Waals surface area contributed by atoms with Crippen LogP contribution in [0.15, 0.2) is 29.3 Å². The van der Waals surface area contributed by atoms with Crippen molar-refractivity contribution in [1.82, 2.24) is 4.90 Å². The molecule has 0 unspecified atom stereocenters. The highest BCUT2D eigenvalue weighted by molar-refractivity contribution is 8.13. The molecule has 1 aromatic carbocycles. The lowest BCUT2D eigenvalue weighted by Gasteiger charge is -2.09. The molecule has 0 spiro atoms. The molecule has 0 aliphatic carbocycles. The van der Waals surface area contributed by atoms with Crippen molar-refractivity contribution >= 4 is 35.0 Å². The van der Waals surface area contributed by atoms with Gasteiger partial charge in [0.25, 0.3) is 0 Å². The number of hydrogen-bond donors (Lipinski definition) is 1. The minimum atomic E-state index is 0. The molecular weight excluding hydrogens is 266 g/mol. The van der Waals surface area contributed by atoms with Crippen LogP contribution < -0.4 is 5.73 Å². The van der Waals surface area contributed by atoms with Gasteiger partial charge in [-0.1, -0.05) is 30.8 Å². The molecule has 5 heteroatoms. The van der Waals surface area contributed by atoms with Gasteiger partial charge in [-0.05, 0) is 44.0 Å². The summed E-state index contributed by atoms with van der Waals surface area (Å²) < 4.78 is 0. The third-order valence-corrected chi connectivity index (χ3v) is 2.99. The van der Waals surface area contributed by atoms with Crippen molar-refractivity contribution in [3.63, 3.8) is 0 Å². The van der Waals surface area contributed by atoms with Crippen molar-refractivity contribution in [2.45, 2.75) is 13.3 Å². The first-order valence-corrected chi connectivity index (χ1v) is 6.81. The van der Waals surface area contributed by atoms with Gasteiger partial charge in [0.05, 0.1) is 5.69 Å². The number of aliphatic imine (C=N–C) groups is 1. The zero-order chi connectivity index (χ0) is 12.7. The summed E-state index contributed by atoms with van der Waals surface area (Å²) in [6, 6.07) is 8.28. The number of halogens is 1. The second-order valence-electron chi connectivity index (χ2n) is 4.10. The van der Waals surface area contributed by atoms with Gasteiger partial charge in [-0.25, -0.2) is 4.99 Å². The summed E-state index contributed by atoms with van der Waals surface area (Å²) >= 11 is 1.57. The molecule has 0 aliphatic heterocycles. The number of likely N-dealkylation sites (N-methyl/N-ethyl adjacent to an activating group) is 1. The molecule has 18 heavy (non-hydrogen) atoms. The average molecular weight is 288 g/mol. The van der Waals surface area contributed by atoms with E-state index >= 15 is 0 Å². The average Bonchev–Trinajstić information content (AvgIpc) is 2.28. The normalized spacial score (nSPS) is 11.4. The third-order valence-electron chi connectivity index (χ3n) is 2.32. The molecule has 3 nitrogen and oxygen atoms in total. The Morgan fingerprint density at radius 1 is 1.28 bits per heavy atom. The number of hydrogen-bond acceptors (Lipinski definition) is 3. The lowest BCUT2D eigenvalue weighted by atomic mass is 10.1. The Morgan fingerprint density at radius 2 is 1.89 bits per heavy atom. The quantitative estimate of drug-likeness (QED) is 0.669. The van der Waals surface area contributed by atoms with Gasteiger partial charge in [0.1, 0.15) is 0 Å². The zero-order valence-corrected chi connectivity index (χ0v) is 12.9. The topological polar surface area (TPSA) is 41.6 Å². The van der Waals surface area contributed by atoms with Crippen LogP contribution >= 0.6 is 24.2 Å². The number of amidine groups is 1. The molecule has 0 saturated heterocycles. The lowest BCUT2D eigenvalue weighted by Crippen LogP contribution is -2.14. The summed E-state index contributed by atoms with van der Waals surface area (Å²) in [5.41, 5.74) is 8.02. The predicted molar refractivity (Wildman–Crippen MR) is 85.4 cm³/mol. The first-order chi connectivity index (χ1) is 8.11. The van der Waals surface area contributed by atoms with E-state index in [1.54, 1.807) is 11.8 Å². The first kappa shape index (κ1) is 17.3. The van der Waals surface area contributed by atoms with Gasteiger partial charge in [0.2, 0.25) is 0 Å². The molecule has 0 bridgehead atoms. The van der Waals surface area contributed by atoms with Crippen molar-refractivity contribution in [1.29, 1.82) is 0 Å². The molecule has 0 radical (unpaired) electrons. The van der Waals surface area contributed by atoms with E-state index in [1.165, 1.54) is 5.56 Å². The maximum absolute atomic E-state index is 5.76. The minimum absolute atomic E-state index is 0. The highest BCUT2D eigenvalue weighted by Crippen LogP contribution is 2.15. The summed E-state index contributed by atoms with van der Waals surface area (Å²) in [5.74, 6) is 0.955. The summed E-state index contributed by atoms with van der Waals surface area (Å²) in [6.45, 7) is 3.13. The SMILES string of the molecule is CCSC(N)=Nc1ccc(CCN(C)C)cc1.Cl. The number of thioether (sulfide) groups is 1. The van der Waals surface area contributed by atoms with E-state index in [0.29, 0.717) is 5.17 Å². The van der Waals surface area contributed by atoms with Gasteiger partial charge < -0.3 is 10.6 Å². The smallest absolute Gasteiger partial charge is 0.159 e. The van der Waals surface area contributed by atoms with Crippen molar-refractivity contribution in [2.24, 2.45) is 10.7 Å². The molecule has 0 saturated carbocycles. The highest BCUT2D eigenvalue weighted by atomic mass is 35.5. The largest absolute Gasteiger partial charge is 0.378 e. The lowest BCUT2D eigenvalue weighted by molar-refractivity contribution is 0.413. The second-order valence-corrected chi connectivity index (χ2v) is 5.39. The highest BCUT2D eigenvalue weighted by Gasteiger charge is 1.97. The number of rotatable bonds is 5. The van der Waals surface area contributed by atoms with E-state index in [-0.39, 0.29) is 12.4 Å². The Kier molecular flexibility index (Phi) is 8.89. The van der Waals surface area contributed by atoms with Crippen LogP contribution in [0.1, 0.15) is 12.5 Å². The van der Waals surface area contributed by atoms with E-state index in [9.17, 15) is 0 Å². The van der Waals surface area contributed by atoms with Gasteiger partial charge in [-0.2, -0.15) is 0 Å². The van der Waals surface area contributed by atoms with Gasteiger partial charge in [0, 0.05) is 6.54 Å². The van der Waals surface area contributed by atoms with Crippen LogP contribution in [0, 0.1) is 0 Å². The first-order valence-electron chi connectivity index (χ1n) is 5.82. The van der Waals surface area contributed by atoms with Crippen LogP contribution in [0.3, 0.4) is 0 Å². The monoisotopic (exact) mass is 287 g/mol. The van der Waals surface area contributed by atoms with Gasteiger partial charge in [0.15, 0.2) is 5.17 Å². The van der Waals surface area contributed by atoms with Crippen molar-refractivity contribution in [3.8, 4) is 0 Å². The van der Waals surface area contributed by atoms with Crippen molar-refractivity contribution in [2.75, 3.05) is 26.4 Å². The number of benzene rings is 1. The molecule has 2 N–H and O–H groups in total. The third kappa shape index (κ3) is 6.89. The van der Waals surface area contributed by atoms with Gasteiger partial charge in [-0.3, -0.25) is 0 Å². The number of nitrogens with two attached hydrogens (primary N) is 1. The van der Waals surface area contributed by atoms with Crippen molar-refractivity contribution < 1.29 is 0 Å². The Bertz CT molecular complexity index is 363. The minimum Gasteiger partial charge on any atom is -0.378 e. The van der Waals surface area contributed by atoms with E-state index in [2.05, 4.69) is 43.0 Å². The molecule has 0 fully saturated rings. The maximum atomic E-state index is 5.76. The fourth-order valence-electron chi connectivity index (χ4n) is 1.40. The molecule has 102 valence electrons. The molecule has 1 rings (SSSR count). The molecule has 1 aromatic rings. The van der Waals surface area contributed by atoms with Crippen LogP contribution in [-0.4, -0.2) is 36.5 Å². The summed E-state index contributed by atoms with van der Waals surface area (Å²) in [4.78, 5) is 6.51. The fraction of sp³-hybridized carbons (Fsp3) is 0.462. The molecule has 0 amide bonds. The fourth-order valence-corrected chi connectivity index (χ4v) is 1.86. The van der Waals surface area contributed by atoms with Crippen LogP contribution in [0.5, 0.6) is 0 Å². The molecule has 0 aromatic heterocycles. The van der Waals surface area contributed by atoms with Crippen molar-refractivity contribution in [3.05, 3.63) is 29.8 Å². The van der Waals surface area contributed by atoms with Gasteiger partial charge >= 0.3 is 0 Å². The van der Waals surface area contributed by atoms with Crippen LogP contribution in [0.4, 0.5) is 5.69 Å². The molecule has 0 heterocycles. The van der Waals surface area contributed by atoms with Crippen LogP contribution in [-0.2, 0) is 6.42 Å². The Hall–Kier alpha value is -0.710.